The van der Waals surface area contributed by atoms with Crippen molar-refractivity contribution in [3.05, 3.63) is 65.2 Å². The molecular formula is C20H22N2O8PS+. The number of thioether (sulfide) groups is 1. The third kappa shape index (κ3) is 6.18. The molecule has 12 heteroatoms. The fraction of sp³-hybridized carbons (Fsp3) is 0.250. The predicted octanol–water partition coefficient (Wildman–Crippen LogP) is 2.18. The molecule has 10 nitrogen and oxygen atoms in total. The monoisotopic (exact) mass is 481 g/mol. The number of quaternary nitrogens is 1. The van der Waals surface area contributed by atoms with Gasteiger partial charge < -0.3 is 9.63 Å². The Morgan fingerprint density at radius 3 is 2.25 bits per heavy atom. The summed E-state index contributed by atoms with van der Waals surface area (Å²) in [6, 6.07) is 11.3. The van der Waals surface area contributed by atoms with Crippen molar-refractivity contribution in [3.63, 3.8) is 0 Å². The van der Waals surface area contributed by atoms with Crippen LogP contribution in [0.1, 0.15) is 32.7 Å². The first-order valence-corrected chi connectivity index (χ1v) is 12.2. The van der Waals surface area contributed by atoms with Crippen LogP contribution in [0.15, 0.2) is 48.5 Å². The molecule has 1 fully saturated rings. The Kier molecular flexibility index (Phi) is 7.37. The van der Waals surface area contributed by atoms with Gasteiger partial charge in [-0.25, -0.2) is 14.2 Å². The minimum absolute atomic E-state index is 0.0976. The number of carboxylic acid groups (broad SMARTS) is 1. The van der Waals surface area contributed by atoms with E-state index in [0.717, 1.165) is 0 Å². The summed E-state index contributed by atoms with van der Waals surface area (Å²) >= 11 is 1.61. The van der Waals surface area contributed by atoms with E-state index in [-0.39, 0.29) is 40.3 Å². The number of amides is 2. The molecule has 0 spiro atoms. The topological polar surface area (TPSA) is 150 Å². The summed E-state index contributed by atoms with van der Waals surface area (Å²) in [5, 5.41) is 9.08. The van der Waals surface area contributed by atoms with Gasteiger partial charge in [0.15, 0.2) is 0 Å². The van der Waals surface area contributed by atoms with Crippen LogP contribution in [0.2, 0.25) is 0 Å². The number of aromatic carboxylic acids is 1. The number of carboxylic acids is 1. The average molecular weight is 481 g/mol. The Morgan fingerprint density at radius 1 is 1.03 bits per heavy atom. The van der Waals surface area contributed by atoms with E-state index in [1.54, 1.807) is 23.9 Å². The number of hydrogen-bond acceptors (Lipinski definition) is 6. The fourth-order valence-electron chi connectivity index (χ4n) is 3.27. The van der Waals surface area contributed by atoms with Crippen LogP contribution in [0.5, 0.6) is 5.75 Å². The zero-order chi connectivity index (χ0) is 23.4. The van der Waals surface area contributed by atoms with Gasteiger partial charge in [0, 0.05) is 22.6 Å². The second-order valence-corrected chi connectivity index (χ2v) is 9.54. The maximum Gasteiger partial charge on any atom is 0.524 e. The molecule has 3 rings (SSSR count). The van der Waals surface area contributed by atoms with Crippen molar-refractivity contribution in [3.8, 4) is 5.75 Å². The van der Waals surface area contributed by atoms with Crippen LogP contribution >= 0.6 is 19.6 Å². The van der Waals surface area contributed by atoms with Crippen molar-refractivity contribution < 1.29 is 43.0 Å². The van der Waals surface area contributed by atoms with Gasteiger partial charge in [-0.05, 0) is 36.4 Å². The molecule has 1 aliphatic rings. The highest BCUT2D eigenvalue weighted by molar-refractivity contribution is 7.99. The van der Waals surface area contributed by atoms with Gasteiger partial charge in [-0.3, -0.25) is 14.6 Å². The van der Waals surface area contributed by atoms with Crippen molar-refractivity contribution in [2.24, 2.45) is 0 Å². The Bertz CT molecular complexity index is 1050. The summed E-state index contributed by atoms with van der Waals surface area (Å²) in [5.74, 6) is -0.556. The smallest absolute Gasteiger partial charge is 0.478 e. The predicted molar refractivity (Wildman–Crippen MR) is 116 cm³/mol. The van der Waals surface area contributed by atoms with Crippen molar-refractivity contribution in [2.75, 3.05) is 18.1 Å². The number of phosphoric ester groups is 1. The lowest BCUT2D eigenvalue weighted by Crippen LogP contribution is -2.63. The molecule has 2 aromatic carbocycles. The van der Waals surface area contributed by atoms with Gasteiger partial charge in [0.2, 0.25) is 0 Å². The standard InChI is InChI=1S/C20H21N2O8PS/c23-18-9-11-32-12-10-22(18,13-14-1-3-16(4-2-14)20(25)26)21-19(24)15-5-7-17(8-6-15)30-31(27,28)29/h1-8H,9-13H2,(H3-,21,24,25,26,27,28,29)/p+1. The van der Waals surface area contributed by atoms with Gasteiger partial charge in [-0.15, -0.1) is 0 Å². The van der Waals surface area contributed by atoms with E-state index >= 15 is 0 Å². The lowest BCUT2D eigenvalue weighted by molar-refractivity contribution is -0.899. The molecule has 2 aromatic rings. The summed E-state index contributed by atoms with van der Waals surface area (Å²) < 4.78 is 15.1. The van der Waals surface area contributed by atoms with Gasteiger partial charge >= 0.3 is 19.7 Å². The Balaban J connectivity index is 1.84. The highest BCUT2D eigenvalue weighted by atomic mass is 32.2. The molecule has 1 aliphatic heterocycles. The third-order valence-corrected chi connectivity index (χ3v) is 6.28. The minimum atomic E-state index is -4.72. The van der Waals surface area contributed by atoms with E-state index in [9.17, 15) is 18.9 Å². The lowest BCUT2D eigenvalue weighted by Gasteiger charge is -2.34. The summed E-state index contributed by atoms with van der Waals surface area (Å²) in [5.41, 5.74) is 3.82. The number of hydrogen-bond donors (Lipinski definition) is 4. The molecule has 170 valence electrons. The molecule has 0 bridgehead atoms. The van der Waals surface area contributed by atoms with Crippen molar-refractivity contribution in [1.29, 1.82) is 0 Å². The van der Waals surface area contributed by atoms with E-state index in [2.05, 4.69) is 9.95 Å². The maximum atomic E-state index is 13.0. The van der Waals surface area contributed by atoms with Crippen molar-refractivity contribution in [1.82, 2.24) is 5.43 Å². The van der Waals surface area contributed by atoms with E-state index in [1.165, 1.54) is 36.4 Å². The Hall–Kier alpha value is -2.69. The van der Waals surface area contributed by atoms with Crippen LogP contribution in [0.3, 0.4) is 0 Å². The zero-order valence-electron chi connectivity index (χ0n) is 16.8. The van der Waals surface area contributed by atoms with Crippen molar-refractivity contribution >= 4 is 37.4 Å². The number of nitrogens with zero attached hydrogens (tertiary/aromatic N) is 1. The number of carbonyl (C=O) groups is 3. The molecule has 0 radical (unpaired) electrons. The van der Waals surface area contributed by atoms with Gasteiger partial charge in [-0.1, -0.05) is 12.1 Å². The molecule has 32 heavy (non-hydrogen) atoms. The summed E-state index contributed by atoms with van der Waals surface area (Å²) in [7, 11) is -4.72. The van der Waals surface area contributed by atoms with Gasteiger partial charge in [-0.2, -0.15) is 21.8 Å². The minimum Gasteiger partial charge on any atom is -0.478 e. The fourth-order valence-corrected chi connectivity index (χ4v) is 4.63. The summed E-state index contributed by atoms with van der Waals surface area (Å²) in [6.45, 7) is 0.514. The van der Waals surface area contributed by atoms with Crippen LogP contribution in [0.4, 0.5) is 0 Å². The van der Waals surface area contributed by atoms with Crippen LogP contribution in [-0.2, 0) is 15.9 Å². The molecule has 1 heterocycles. The molecule has 4 N–H and O–H groups in total. The summed E-state index contributed by atoms with van der Waals surface area (Å²) in [6.07, 6.45) is 0.271. The number of benzene rings is 2. The number of rotatable bonds is 7. The van der Waals surface area contributed by atoms with Gasteiger partial charge in [0.05, 0.1) is 12.0 Å². The molecule has 2 amide bonds. The Labute approximate surface area is 188 Å². The first-order valence-electron chi connectivity index (χ1n) is 9.56. The average Bonchev–Trinajstić information content (AvgIpc) is 2.89. The second-order valence-electron chi connectivity index (χ2n) is 7.15. The van der Waals surface area contributed by atoms with E-state index in [1.807, 2.05) is 0 Å². The highest BCUT2D eigenvalue weighted by Crippen LogP contribution is 2.37. The van der Waals surface area contributed by atoms with E-state index in [4.69, 9.17) is 14.9 Å². The van der Waals surface area contributed by atoms with Crippen molar-refractivity contribution in [2.45, 2.75) is 13.0 Å². The molecule has 0 saturated carbocycles. The van der Waals surface area contributed by atoms with Gasteiger partial charge in [0.1, 0.15) is 18.8 Å². The molecular weight excluding hydrogens is 459 g/mol. The number of nitrogens with one attached hydrogen (secondary N) is 1. The SMILES string of the molecule is O=C(O)c1ccc(C[N+]2(NC(=O)c3ccc(OP(=O)(O)O)cc3)CCSCCC2=O)cc1. The van der Waals surface area contributed by atoms with E-state index < -0.39 is 19.7 Å². The molecule has 0 aliphatic carbocycles. The second kappa shape index (κ2) is 9.85. The number of phosphoric acid groups is 1. The van der Waals surface area contributed by atoms with E-state index in [0.29, 0.717) is 23.6 Å². The highest BCUT2D eigenvalue weighted by Gasteiger charge is 2.40. The van der Waals surface area contributed by atoms with Crippen LogP contribution < -0.4 is 9.95 Å². The quantitative estimate of drug-likeness (QED) is 0.345. The van der Waals surface area contributed by atoms with Crippen LogP contribution in [0, 0.1) is 0 Å². The Morgan fingerprint density at radius 2 is 1.66 bits per heavy atom. The molecule has 0 aromatic heterocycles. The van der Waals surface area contributed by atoms with Crippen LogP contribution in [0.25, 0.3) is 0 Å². The normalized spacial score (nSPS) is 19.1. The summed E-state index contributed by atoms with van der Waals surface area (Å²) in [4.78, 5) is 54.8. The maximum absolute atomic E-state index is 13.0. The number of carbonyl (C=O) groups excluding carboxylic acids is 2. The first-order chi connectivity index (χ1) is 15.1. The third-order valence-electron chi connectivity index (χ3n) is 4.86. The first kappa shape index (κ1) is 24.0. The molecule has 1 saturated heterocycles. The zero-order valence-corrected chi connectivity index (χ0v) is 18.6. The molecule has 1 unspecified atom stereocenters. The van der Waals surface area contributed by atoms with Crippen LogP contribution in [-0.4, -0.2) is 55.3 Å². The van der Waals surface area contributed by atoms with Gasteiger partial charge in [0.25, 0.3) is 5.91 Å². The lowest BCUT2D eigenvalue weighted by atomic mass is 10.1. The largest absolute Gasteiger partial charge is 0.524 e. The molecule has 1 atom stereocenters.